The predicted molar refractivity (Wildman–Crippen MR) is 65.7 cm³/mol. The number of hydrazine groups is 2. The van der Waals surface area contributed by atoms with Gasteiger partial charge in [0.05, 0.1) is 0 Å². The van der Waals surface area contributed by atoms with Gasteiger partial charge in [-0.05, 0) is 32.6 Å². The van der Waals surface area contributed by atoms with Crippen molar-refractivity contribution in [3.8, 4) is 0 Å². The number of fused-ring (bicyclic) bond motifs is 3. The van der Waals surface area contributed by atoms with E-state index in [9.17, 15) is 0 Å². The van der Waals surface area contributed by atoms with Gasteiger partial charge in [-0.1, -0.05) is 19.3 Å². The Labute approximate surface area is 99.3 Å². The first-order chi connectivity index (χ1) is 7.88. The van der Waals surface area contributed by atoms with E-state index < -0.39 is 0 Å². The molecule has 0 spiro atoms. The fraction of sp³-hybridized carbons (Fsp3) is 1.00. The fourth-order valence-electron chi connectivity index (χ4n) is 3.73. The summed E-state index contributed by atoms with van der Waals surface area (Å²) >= 11 is 0. The van der Waals surface area contributed by atoms with Crippen LogP contribution < -0.4 is 0 Å². The van der Waals surface area contributed by atoms with Crippen LogP contribution in [0.1, 0.15) is 51.9 Å². The lowest BCUT2D eigenvalue weighted by Crippen LogP contribution is -2.46. The van der Waals surface area contributed by atoms with Gasteiger partial charge in [-0.2, -0.15) is 5.12 Å². The first kappa shape index (κ1) is 11.0. The molecule has 3 heteroatoms. The summed E-state index contributed by atoms with van der Waals surface area (Å²) in [6.45, 7) is 6.29. The van der Waals surface area contributed by atoms with Gasteiger partial charge in [0.25, 0.3) is 0 Å². The van der Waals surface area contributed by atoms with Crippen molar-refractivity contribution < 1.29 is 0 Å². The number of hydrogen-bond acceptors (Lipinski definition) is 3. The van der Waals surface area contributed by atoms with Gasteiger partial charge in [-0.25, -0.2) is 10.0 Å². The second kappa shape index (κ2) is 4.63. The van der Waals surface area contributed by atoms with Crippen molar-refractivity contribution >= 4 is 0 Å². The van der Waals surface area contributed by atoms with Gasteiger partial charge in [0.15, 0.2) is 0 Å². The maximum Gasteiger partial charge on any atom is 0.0426 e. The number of hydrogen-bond donors (Lipinski definition) is 0. The van der Waals surface area contributed by atoms with Crippen molar-refractivity contribution in [3.63, 3.8) is 0 Å². The van der Waals surface area contributed by atoms with Gasteiger partial charge in [-0.15, -0.1) is 0 Å². The molecule has 0 aliphatic carbocycles. The van der Waals surface area contributed by atoms with Crippen molar-refractivity contribution in [3.05, 3.63) is 0 Å². The maximum atomic E-state index is 2.70. The third kappa shape index (κ3) is 1.79. The van der Waals surface area contributed by atoms with E-state index in [1.807, 2.05) is 0 Å². The lowest BCUT2D eigenvalue weighted by Gasteiger charge is -2.33. The van der Waals surface area contributed by atoms with Crippen LogP contribution in [0.5, 0.6) is 0 Å². The van der Waals surface area contributed by atoms with E-state index in [2.05, 4.69) is 22.1 Å². The molecule has 0 amide bonds. The Morgan fingerprint density at radius 3 is 2.31 bits per heavy atom. The molecule has 0 aromatic carbocycles. The molecule has 0 bridgehead atoms. The van der Waals surface area contributed by atoms with Crippen LogP contribution in [-0.4, -0.2) is 46.9 Å². The van der Waals surface area contributed by atoms with Crippen molar-refractivity contribution in [2.24, 2.45) is 0 Å². The highest BCUT2D eigenvalue weighted by Crippen LogP contribution is 2.33. The minimum Gasteiger partial charge on any atom is -0.224 e. The molecule has 3 rings (SSSR count). The molecule has 3 saturated heterocycles. The SMILES string of the molecule is CC1C2CCCCCN2N2CCCCCN12. The van der Waals surface area contributed by atoms with Crippen molar-refractivity contribution in [2.45, 2.75) is 64.0 Å². The Kier molecular flexibility index (Phi) is 3.18. The van der Waals surface area contributed by atoms with Crippen LogP contribution in [0.4, 0.5) is 0 Å². The topological polar surface area (TPSA) is 9.72 Å². The fourth-order valence-corrected chi connectivity index (χ4v) is 3.73. The van der Waals surface area contributed by atoms with Crippen molar-refractivity contribution in [1.29, 1.82) is 0 Å². The van der Waals surface area contributed by atoms with Gasteiger partial charge < -0.3 is 0 Å². The Morgan fingerprint density at radius 2 is 1.44 bits per heavy atom. The standard InChI is InChI=1S/C13H25N3/c1-12-13-8-4-2-5-10-15(13)16-11-7-3-6-9-14(12)16/h12-13H,2-11H2,1H3. The Morgan fingerprint density at radius 1 is 0.750 bits per heavy atom. The molecule has 3 aliphatic rings. The molecular formula is C13H25N3. The van der Waals surface area contributed by atoms with Crippen LogP contribution in [0.15, 0.2) is 0 Å². The second-order valence-electron chi connectivity index (χ2n) is 5.64. The highest BCUT2D eigenvalue weighted by molar-refractivity contribution is 4.89. The monoisotopic (exact) mass is 223 g/mol. The van der Waals surface area contributed by atoms with E-state index in [1.165, 1.54) is 64.6 Å². The lowest BCUT2D eigenvalue weighted by atomic mass is 10.0. The van der Waals surface area contributed by atoms with E-state index in [4.69, 9.17) is 0 Å². The summed E-state index contributed by atoms with van der Waals surface area (Å²) in [5, 5.41) is 7.96. The zero-order valence-electron chi connectivity index (χ0n) is 10.6. The van der Waals surface area contributed by atoms with E-state index in [1.54, 1.807) is 0 Å². The van der Waals surface area contributed by atoms with Crippen LogP contribution in [0, 0.1) is 0 Å². The lowest BCUT2D eigenvalue weighted by molar-refractivity contribution is -0.128. The molecule has 2 unspecified atom stereocenters. The molecule has 2 atom stereocenters. The number of nitrogens with zero attached hydrogens (tertiary/aromatic N) is 3. The van der Waals surface area contributed by atoms with Crippen LogP contribution in [0.25, 0.3) is 0 Å². The van der Waals surface area contributed by atoms with E-state index in [0.717, 1.165) is 12.1 Å². The molecule has 0 aromatic rings. The van der Waals surface area contributed by atoms with Crippen LogP contribution in [0.2, 0.25) is 0 Å². The zero-order chi connectivity index (χ0) is 11.0. The minimum atomic E-state index is 0.746. The summed E-state index contributed by atoms with van der Waals surface area (Å²) in [4.78, 5) is 0. The average molecular weight is 223 g/mol. The summed E-state index contributed by atoms with van der Waals surface area (Å²) in [6.07, 6.45) is 9.87. The zero-order valence-corrected chi connectivity index (χ0v) is 10.6. The molecule has 3 nitrogen and oxygen atoms in total. The highest BCUT2D eigenvalue weighted by Gasteiger charge is 2.43. The molecule has 3 heterocycles. The maximum absolute atomic E-state index is 2.70. The molecule has 92 valence electrons. The van der Waals surface area contributed by atoms with Gasteiger partial charge in [0.1, 0.15) is 0 Å². The second-order valence-corrected chi connectivity index (χ2v) is 5.64. The Hall–Kier alpha value is -0.120. The number of rotatable bonds is 0. The van der Waals surface area contributed by atoms with Crippen LogP contribution in [0.3, 0.4) is 0 Å². The summed E-state index contributed by atoms with van der Waals surface area (Å²) in [7, 11) is 0. The van der Waals surface area contributed by atoms with Gasteiger partial charge in [0, 0.05) is 31.7 Å². The Balaban J connectivity index is 1.81. The van der Waals surface area contributed by atoms with Crippen LogP contribution >= 0.6 is 0 Å². The van der Waals surface area contributed by atoms with E-state index in [-0.39, 0.29) is 0 Å². The molecule has 0 aromatic heterocycles. The summed E-state index contributed by atoms with van der Waals surface area (Å²) in [6, 6.07) is 1.55. The minimum absolute atomic E-state index is 0.746. The molecule has 0 saturated carbocycles. The average Bonchev–Trinajstić information content (AvgIpc) is 2.60. The third-order valence-electron chi connectivity index (χ3n) is 4.64. The molecule has 3 fully saturated rings. The molecule has 16 heavy (non-hydrogen) atoms. The predicted octanol–water partition coefficient (Wildman–Crippen LogP) is 2.25. The largest absolute Gasteiger partial charge is 0.224 e. The van der Waals surface area contributed by atoms with Gasteiger partial charge in [-0.3, -0.25) is 0 Å². The van der Waals surface area contributed by atoms with Crippen molar-refractivity contribution in [2.75, 3.05) is 19.6 Å². The summed E-state index contributed by atoms with van der Waals surface area (Å²) in [5.41, 5.74) is 0. The highest BCUT2D eigenvalue weighted by atomic mass is 15.9. The van der Waals surface area contributed by atoms with Gasteiger partial charge >= 0.3 is 0 Å². The molecule has 3 aliphatic heterocycles. The summed E-state index contributed by atoms with van der Waals surface area (Å²) in [5.74, 6) is 0. The molecule has 0 radical (unpaired) electrons. The first-order valence-electron chi connectivity index (χ1n) is 7.18. The van der Waals surface area contributed by atoms with E-state index >= 15 is 0 Å². The Bertz CT molecular complexity index is 219. The van der Waals surface area contributed by atoms with Crippen molar-refractivity contribution in [1.82, 2.24) is 15.1 Å². The van der Waals surface area contributed by atoms with Crippen LogP contribution in [-0.2, 0) is 0 Å². The molecular weight excluding hydrogens is 198 g/mol. The smallest absolute Gasteiger partial charge is 0.0426 e. The molecule has 0 N–H and O–H groups in total. The summed E-state index contributed by atoms with van der Waals surface area (Å²) < 4.78 is 0. The van der Waals surface area contributed by atoms with E-state index in [0.29, 0.717) is 0 Å². The first-order valence-corrected chi connectivity index (χ1v) is 7.18. The van der Waals surface area contributed by atoms with Gasteiger partial charge in [0.2, 0.25) is 0 Å². The normalized spacial score (nSPS) is 38.8. The third-order valence-corrected chi connectivity index (χ3v) is 4.64. The quantitative estimate of drug-likeness (QED) is 0.623.